The Labute approximate surface area is 523 Å². The van der Waals surface area contributed by atoms with E-state index in [1.807, 2.05) is 142 Å². The highest BCUT2D eigenvalue weighted by atomic mass is 16.2. The molecular weight excluding hydrogens is 1100 g/mol. The van der Waals surface area contributed by atoms with Crippen molar-refractivity contribution < 1.29 is 38.4 Å². The minimum absolute atomic E-state index is 0.00630. The minimum atomic E-state index is -1.03. The van der Waals surface area contributed by atoms with E-state index in [-0.39, 0.29) is 77.7 Å². The van der Waals surface area contributed by atoms with E-state index in [1.165, 1.54) is 0 Å². The molecule has 6 amide bonds. The molecule has 15 nitrogen and oxygen atoms in total. The molecule has 5 N–H and O–H groups in total. The first-order valence-electron chi connectivity index (χ1n) is 33.5. The van der Waals surface area contributed by atoms with Crippen LogP contribution in [0.15, 0.2) is 121 Å². The second-order valence-corrected chi connectivity index (χ2v) is 25.6. The number of hydrogen-bond acceptors (Lipinski definition) is 9. The molecule has 8 atom stereocenters. The molecule has 4 aromatic carbocycles. The third-order valence-corrected chi connectivity index (χ3v) is 19.7. The fourth-order valence-corrected chi connectivity index (χ4v) is 14.3. The summed E-state index contributed by atoms with van der Waals surface area (Å²) in [5.74, 6) is -3.43. The molecule has 4 fully saturated rings. The number of ketones is 2. The fraction of sp³-hybridized carbons (Fsp3) is 0.562. The van der Waals surface area contributed by atoms with Crippen molar-refractivity contribution in [1.29, 1.82) is 0 Å². The van der Waals surface area contributed by atoms with E-state index in [9.17, 15) is 38.4 Å². The Bertz CT molecular complexity index is 2610. The van der Waals surface area contributed by atoms with Crippen molar-refractivity contribution in [3.63, 3.8) is 0 Å². The molecule has 2 heterocycles. The van der Waals surface area contributed by atoms with Gasteiger partial charge in [-0.25, -0.2) is 0 Å². The van der Waals surface area contributed by atoms with Gasteiger partial charge in [-0.15, -0.1) is 0 Å². The lowest BCUT2D eigenvalue weighted by Gasteiger charge is -2.36. The molecule has 2 aliphatic heterocycles. The number of likely N-dealkylation sites (tertiary alicyclic amines) is 2. The molecule has 0 spiro atoms. The van der Waals surface area contributed by atoms with Gasteiger partial charge in [0.1, 0.15) is 30.0 Å². The van der Waals surface area contributed by atoms with Gasteiger partial charge in [-0.05, 0) is 119 Å². The summed E-state index contributed by atoms with van der Waals surface area (Å²) in [7, 11) is 1.75. The van der Waals surface area contributed by atoms with Gasteiger partial charge < -0.3 is 36.4 Å². The van der Waals surface area contributed by atoms with E-state index in [1.54, 1.807) is 16.8 Å². The van der Waals surface area contributed by atoms with Crippen LogP contribution in [0.4, 0.5) is 0 Å². The van der Waals surface area contributed by atoms with Gasteiger partial charge in [0.2, 0.25) is 35.4 Å². The van der Waals surface area contributed by atoms with Crippen molar-refractivity contribution in [2.24, 2.45) is 23.7 Å². The smallest absolute Gasteiger partial charge is 0.246 e. The number of carbonyl (C=O) groups is 8. The number of nitrogens with zero attached hydrogens (tertiary/aromatic N) is 2. The number of hydrogen-bond donors (Lipinski definition) is 5. The molecule has 4 aromatic rings. The average Bonchev–Trinajstić information content (AvgIpc) is 4.40. The highest BCUT2D eigenvalue weighted by Gasteiger charge is 2.45. The van der Waals surface area contributed by atoms with Gasteiger partial charge in [-0.2, -0.15) is 0 Å². The maximum atomic E-state index is 14.9. The fourth-order valence-electron chi connectivity index (χ4n) is 14.3. The van der Waals surface area contributed by atoms with Gasteiger partial charge in [-0.3, -0.25) is 38.4 Å². The number of unbranched alkanes of at least 4 members (excludes halogenated alkanes) is 4. The van der Waals surface area contributed by atoms with E-state index < -0.39 is 53.9 Å². The molecule has 0 unspecified atom stereocenters. The van der Waals surface area contributed by atoms with Crippen molar-refractivity contribution in [1.82, 2.24) is 36.4 Å². The molecule has 4 aliphatic rings. The molecular formula is C73H99N7O8. The number of rotatable bonds is 31. The topological polar surface area (TPSA) is 203 Å². The molecule has 0 aromatic heterocycles. The Hall–Kier alpha value is -7.00. The highest BCUT2D eigenvalue weighted by Crippen LogP contribution is 2.37. The molecule has 88 heavy (non-hydrogen) atoms. The van der Waals surface area contributed by atoms with Gasteiger partial charge in [0.05, 0.1) is 12.1 Å². The predicted octanol–water partition coefficient (Wildman–Crippen LogP) is 10.5. The van der Waals surface area contributed by atoms with E-state index in [4.69, 9.17) is 0 Å². The Morgan fingerprint density at radius 2 is 0.920 bits per heavy atom. The zero-order valence-corrected chi connectivity index (χ0v) is 52.8. The van der Waals surface area contributed by atoms with Crippen molar-refractivity contribution in [2.75, 3.05) is 26.7 Å². The van der Waals surface area contributed by atoms with Crippen LogP contribution >= 0.6 is 0 Å². The average molecular weight is 1200 g/mol. The van der Waals surface area contributed by atoms with Crippen molar-refractivity contribution >= 4 is 47.0 Å². The lowest BCUT2D eigenvalue weighted by Crippen LogP contribution is -2.59. The summed E-state index contributed by atoms with van der Waals surface area (Å²) in [6.45, 7) is 6.81. The van der Waals surface area contributed by atoms with Crippen LogP contribution in [0.2, 0.25) is 0 Å². The maximum absolute atomic E-state index is 14.9. The van der Waals surface area contributed by atoms with Crippen LogP contribution in [0.3, 0.4) is 0 Å². The number of benzene rings is 4. The normalized spacial score (nSPS) is 19.5. The largest absolute Gasteiger partial charge is 0.354 e. The van der Waals surface area contributed by atoms with E-state index >= 15 is 0 Å². The number of likely N-dealkylation sites (N-methyl/N-ethyl adjacent to an activating group) is 1. The molecule has 8 rings (SSSR count). The molecule has 15 heteroatoms. The zero-order chi connectivity index (χ0) is 62.4. The summed E-state index contributed by atoms with van der Waals surface area (Å²) in [6, 6.07) is 34.4. The molecule has 0 bridgehead atoms. The SMILES string of the molecule is CC[C@@H](C)C(=O)N[C@H](C(=O)N1CCC[C@H]1C(=O)N[C@H](C(=O)NCCCCCCCC(=O)[C@@H](NC(=O)[C@@H]1CCCN1C(=O)[C@@H](CC(=O)[C@@H](C)NC)C1CCCCC1)C(c1ccccc1)c1ccccc1)C(c1ccccc1)c1ccccc1)C1CCCCC1. The molecule has 2 aliphatic carbocycles. The van der Waals surface area contributed by atoms with E-state index in [2.05, 4.69) is 26.6 Å². The Kier molecular flexibility index (Phi) is 25.9. The third-order valence-electron chi connectivity index (χ3n) is 19.7. The zero-order valence-electron chi connectivity index (χ0n) is 52.8. The van der Waals surface area contributed by atoms with Crippen molar-refractivity contribution in [3.05, 3.63) is 144 Å². The van der Waals surface area contributed by atoms with Crippen LogP contribution in [-0.4, -0.2) is 120 Å². The summed E-state index contributed by atoms with van der Waals surface area (Å²) < 4.78 is 0. The molecule has 2 saturated carbocycles. The standard InChI is InChI=1S/C73H99N7O8/c1-5-50(2)68(83)76-65(57-41-25-14-26-42-57)73(88)80-48-30-44-60(80)70(85)78-67(64(55-37-21-12-22-38-55)56-39-23-13-24-40-56)71(86)75-46-28-8-6-7-27-45-61(81)66(63(53-33-17-10-18-34-53)54-35-19-11-20-36-54)77-69(84)59-43-29-47-79(59)72(87)58(49-62(82)51(3)74-4)52-31-15-9-16-32-52/h10-13,17-24,33-40,50-52,57-60,63-67,74H,5-9,14-16,25-32,41-49H2,1-4H3,(H,75,86)(H,76,83)(H,77,84)(H,78,85)/t50-,51-,58+,59+,60+,65+,66-,67+/m1/s1. The lowest BCUT2D eigenvalue weighted by molar-refractivity contribution is -0.145. The number of nitrogens with one attached hydrogen (secondary N) is 5. The molecule has 0 radical (unpaired) electrons. The number of amides is 6. The monoisotopic (exact) mass is 1200 g/mol. The van der Waals surface area contributed by atoms with Crippen molar-refractivity contribution in [3.8, 4) is 0 Å². The van der Waals surface area contributed by atoms with Crippen LogP contribution in [0, 0.1) is 23.7 Å². The van der Waals surface area contributed by atoms with Gasteiger partial charge in [0.15, 0.2) is 5.78 Å². The maximum Gasteiger partial charge on any atom is 0.246 e. The van der Waals surface area contributed by atoms with Crippen LogP contribution in [0.1, 0.15) is 196 Å². The van der Waals surface area contributed by atoms with Gasteiger partial charge in [-0.1, -0.05) is 193 Å². The van der Waals surface area contributed by atoms with E-state index in [0.29, 0.717) is 64.6 Å². The quantitative estimate of drug-likeness (QED) is 0.0304. The van der Waals surface area contributed by atoms with Crippen LogP contribution in [-0.2, 0) is 38.4 Å². The lowest BCUT2D eigenvalue weighted by atomic mass is 9.76. The number of Topliss-reactive ketones (excluding diaryl/α,β-unsaturated/α-hetero) is 2. The summed E-state index contributed by atoms with van der Waals surface area (Å²) in [5.41, 5.74) is 3.49. The summed E-state index contributed by atoms with van der Waals surface area (Å²) in [5, 5.41) is 15.8. The Morgan fingerprint density at radius 1 is 0.477 bits per heavy atom. The van der Waals surface area contributed by atoms with Gasteiger partial charge >= 0.3 is 0 Å². The number of carbonyl (C=O) groups excluding carboxylic acids is 8. The minimum Gasteiger partial charge on any atom is -0.354 e. The summed E-state index contributed by atoms with van der Waals surface area (Å²) in [6.07, 6.45) is 16.4. The van der Waals surface area contributed by atoms with Crippen molar-refractivity contribution in [2.45, 2.75) is 210 Å². The van der Waals surface area contributed by atoms with Crippen LogP contribution in [0.25, 0.3) is 0 Å². The Morgan fingerprint density at radius 3 is 1.41 bits per heavy atom. The highest BCUT2D eigenvalue weighted by molar-refractivity contribution is 5.97. The predicted molar refractivity (Wildman–Crippen MR) is 345 cm³/mol. The molecule has 2 saturated heterocycles. The van der Waals surface area contributed by atoms with Gasteiger partial charge in [0.25, 0.3) is 0 Å². The van der Waals surface area contributed by atoms with Crippen LogP contribution in [0.5, 0.6) is 0 Å². The van der Waals surface area contributed by atoms with E-state index in [0.717, 1.165) is 106 Å². The second-order valence-electron chi connectivity index (χ2n) is 25.6. The summed E-state index contributed by atoms with van der Waals surface area (Å²) >= 11 is 0. The summed E-state index contributed by atoms with van der Waals surface area (Å²) in [4.78, 5) is 119. The van der Waals surface area contributed by atoms with Crippen LogP contribution < -0.4 is 26.6 Å². The first-order chi connectivity index (χ1) is 42.8. The first kappa shape index (κ1) is 66.9. The second kappa shape index (κ2) is 34.1. The van der Waals surface area contributed by atoms with Gasteiger partial charge in [0, 0.05) is 56.1 Å². The first-order valence-corrected chi connectivity index (χ1v) is 33.5. The molecule has 474 valence electrons. The Balaban J connectivity index is 0.921. The third kappa shape index (κ3) is 17.9.